The Morgan fingerprint density at radius 1 is 0.833 bits per heavy atom. The summed E-state index contributed by atoms with van der Waals surface area (Å²) in [5, 5.41) is 0. The largest absolute Gasteiger partial charge is 0.372 e. The van der Waals surface area contributed by atoms with Crippen LogP contribution < -0.4 is 4.90 Å². The molecule has 6 heteroatoms. The molecule has 2 fully saturated rings. The van der Waals surface area contributed by atoms with Gasteiger partial charge in [0.05, 0.1) is 5.75 Å². The maximum atomic E-state index is 12.5. The summed E-state index contributed by atoms with van der Waals surface area (Å²) in [7, 11) is -3.56. The van der Waals surface area contributed by atoms with Crippen LogP contribution in [0.2, 0.25) is 0 Å². The number of hydrogen-bond acceptors (Lipinski definition) is 4. The van der Waals surface area contributed by atoms with Crippen LogP contribution in [0.4, 0.5) is 5.69 Å². The summed E-state index contributed by atoms with van der Waals surface area (Å²) in [5.74, 6) is -0.360. The Balaban J connectivity index is 1.68. The predicted molar refractivity (Wildman–Crippen MR) is 95.3 cm³/mol. The number of amides is 1. The Hall–Kier alpha value is -1.56. The Kier molecular flexibility index (Phi) is 5.43. The van der Waals surface area contributed by atoms with E-state index < -0.39 is 10.0 Å². The Labute approximate surface area is 144 Å². The molecule has 0 saturated carbocycles. The second-order valence-corrected chi connectivity index (χ2v) is 8.64. The molecule has 3 rings (SSSR count). The topological polar surface area (TPSA) is 57.7 Å². The summed E-state index contributed by atoms with van der Waals surface area (Å²) >= 11 is 0. The van der Waals surface area contributed by atoms with Crippen LogP contribution >= 0.6 is 0 Å². The van der Waals surface area contributed by atoms with Crippen molar-refractivity contribution in [3.05, 3.63) is 29.8 Å². The summed E-state index contributed by atoms with van der Waals surface area (Å²) < 4.78 is 26.1. The standard InChI is InChI=1S/C18H26N2O3S/c21-18-7-3-6-14-20(18)24(22,23)15-16-8-10-17(11-9-16)19-12-4-1-2-5-13-19/h8-11H,1-7,12-15H2. The maximum Gasteiger partial charge on any atom is 0.241 e. The smallest absolute Gasteiger partial charge is 0.241 e. The summed E-state index contributed by atoms with van der Waals surface area (Å²) in [5.41, 5.74) is 1.90. The lowest BCUT2D eigenvalue weighted by Gasteiger charge is -2.26. The second-order valence-electron chi connectivity index (χ2n) is 6.75. The zero-order valence-electron chi connectivity index (χ0n) is 14.1. The monoisotopic (exact) mass is 350 g/mol. The lowest BCUT2D eigenvalue weighted by atomic mass is 10.2. The van der Waals surface area contributed by atoms with Crippen molar-refractivity contribution in [3.8, 4) is 0 Å². The molecule has 132 valence electrons. The van der Waals surface area contributed by atoms with Crippen molar-refractivity contribution in [2.24, 2.45) is 0 Å². The number of rotatable bonds is 4. The molecule has 2 saturated heterocycles. The van der Waals surface area contributed by atoms with Crippen LogP contribution in [0.5, 0.6) is 0 Å². The average Bonchev–Trinajstić information content (AvgIpc) is 2.85. The minimum absolute atomic E-state index is 0.0982. The summed E-state index contributed by atoms with van der Waals surface area (Å²) in [6.07, 6.45) is 6.90. The molecule has 24 heavy (non-hydrogen) atoms. The average molecular weight is 350 g/mol. The first-order valence-electron chi connectivity index (χ1n) is 8.93. The molecule has 0 bridgehead atoms. The zero-order chi connectivity index (χ0) is 17.0. The van der Waals surface area contributed by atoms with Gasteiger partial charge in [0.25, 0.3) is 0 Å². The Morgan fingerprint density at radius 2 is 1.46 bits per heavy atom. The molecule has 0 N–H and O–H groups in total. The van der Waals surface area contributed by atoms with Gasteiger partial charge < -0.3 is 4.90 Å². The highest BCUT2D eigenvalue weighted by molar-refractivity contribution is 7.88. The molecule has 5 nitrogen and oxygen atoms in total. The number of piperidine rings is 1. The van der Waals surface area contributed by atoms with Crippen molar-refractivity contribution in [3.63, 3.8) is 0 Å². The van der Waals surface area contributed by atoms with Gasteiger partial charge in [0.2, 0.25) is 15.9 Å². The first kappa shape index (κ1) is 17.3. The minimum Gasteiger partial charge on any atom is -0.372 e. The lowest BCUT2D eigenvalue weighted by molar-refractivity contribution is -0.128. The molecule has 0 unspecified atom stereocenters. The highest BCUT2D eigenvalue weighted by Gasteiger charge is 2.29. The molecule has 0 atom stereocenters. The van der Waals surface area contributed by atoms with Crippen LogP contribution in [-0.2, 0) is 20.6 Å². The molecule has 1 aromatic rings. The van der Waals surface area contributed by atoms with E-state index >= 15 is 0 Å². The third kappa shape index (κ3) is 4.09. The van der Waals surface area contributed by atoms with Crippen molar-refractivity contribution in [1.82, 2.24) is 4.31 Å². The van der Waals surface area contributed by atoms with Crippen molar-refractivity contribution >= 4 is 21.6 Å². The van der Waals surface area contributed by atoms with Crippen LogP contribution in [0.25, 0.3) is 0 Å². The van der Waals surface area contributed by atoms with E-state index in [4.69, 9.17) is 0 Å². The Morgan fingerprint density at radius 3 is 2.08 bits per heavy atom. The van der Waals surface area contributed by atoms with Gasteiger partial charge in [-0.25, -0.2) is 12.7 Å². The van der Waals surface area contributed by atoms with E-state index in [1.807, 2.05) is 24.3 Å². The molecule has 0 aliphatic carbocycles. The van der Waals surface area contributed by atoms with Crippen LogP contribution in [0, 0.1) is 0 Å². The molecular weight excluding hydrogens is 324 g/mol. The molecule has 2 aliphatic heterocycles. The zero-order valence-corrected chi connectivity index (χ0v) is 14.9. The van der Waals surface area contributed by atoms with E-state index in [1.165, 1.54) is 25.7 Å². The van der Waals surface area contributed by atoms with Crippen molar-refractivity contribution in [1.29, 1.82) is 0 Å². The van der Waals surface area contributed by atoms with Gasteiger partial charge >= 0.3 is 0 Å². The molecule has 1 amide bonds. The Bertz CT molecular complexity index is 662. The number of sulfonamides is 1. The third-order valence-corrected chi connectivity index (χ3v) is 6.63. The molecule has 0 aromatic heterocycles. The van der Waals surface area contributed by atoms with Crippen LogP contribution in [-0.4, -0.2) is 38.3 Å². The van der Waals surface area contributed by atoms with Crippen molar-refractivity contribution in [2.45, 2.75) is 50.7 Å². The lowest BCUT2D eigenvalue weighted by Crippen LogP contribution is -2.40. The molecule has 1 aromatic carbocycles. The highest BCUT2D eigenvalue weighted by atomic mass is 32.2. The number of anilines is 1. The van der Waals surface area contributed by atoms with Gasteiger partial charge in [-0.3, -0.25) is 4.79 Å². The highest BCUT2D eigenvalue weighted by Crippen LogP contribution is 2.22. The van der Waals surface area contributed by atoms with Gasteiger partial charge in [-0.1, -0.05) is 25.0 Å². The fourth-order valence-corrected chi connectivity index (χ4v) is 5.07. The molecular formula is C18H26N2O3S. The van der Waals surface area contributed by atoms with Gasteiger partial charge in [-0.05, 0) is 43.4 Å². The van der Waals surface area contributed by atoms with E-state index in [1.54, 1.807) is 0 Å². The predicted octanol–water partition coefficient (Wildman–Crippen LogP) is 2.91. The first-order chi connectivity index (χ1) is 11.6. The van der Waals surface area contributed by atoms with Crippen molar-refractivity contribution < 1.29 is 13.2 Å². The van der Waals surface area contributed by atoms with E-state index in [9.17, 15) is 13.2 Å². The number of carbonyl (C=O) groups is 1. The van der Waals surface area contributed by atoms with Crippen molar-refractivity contribution in [2.75, 3.05) is 24.5 Å². The van der Waals surface area contributed by atoms with Crippen LogP contribution in [0.1, 0.15) is 50.5 Å². The third-order valence-electron chi connectivity index (χ3n) is 4.87. The van der Waals surface area contributed by atoms with E-state index in [0.717, 1.165) is 41.5 Å². The van der Waals surface area contributed by atoms with Gasteiger partial charge in [-0.2, -0.15) is 0 Å². The van der Waals surface area contributed by atoms with E-state index in [-0.39, 0.29) is 11.7 Å². The summed E-state index contributed by atoms with van der Waals surface area (Å²) in [4.78, 5) is 14.2. The summed E-state index contributed by atoms with van der Waals surface area (Å²) in [6, 6.07) is 7.78. The number of benzene rings is 1. The van der Waals surface area contributed by atoms with Gasteiger partial charge in [0.1, 0.15) is 0 Å². The first-order valence-corrected chi connectivity index (χ1v) is 10.5. The van der Waals surface area contributed by atoms with Gasteiger partial charge in [0, 0.05) is 31.7 Å². The summed E-state index contributed by atoms with van der Waals surface area (Å²) in [6.45, 7) is 2.47. The quantitative estimate of drug-likeness (QED) is 0.838. The normalized spacial score (nSPS) is 20.1. The van der Waals surface area contributed by atoms with Crippen LogP contribution in [0.15, 0.2) is 24.3 Å². The minimum atomic E-state index is -3.56. The number of nitrogens with zero attached hydrogens (tertiary/aromatic N) is 2. The SMILES string of the molecule is O=C1CCCCN1S(=O)(=O)Cc1ccc(N2CCCCCC2)cc1. The maximum absolute atomic E-state index is 12.5. The van der Waals surface area contributed by atoms with E-state index in [2.05, 4.69) is 4.90 Å². The van der Waals surface area contributed by atoms with E-state index in [0.29, 0.717) is 13.0 Å². The molecule has 2 aliphatic rings. The molecule has 0 spiro atoms. The number of hydrogen-bond donors (Lipinski definition) is 0. The fourth-order valence-electron chi connectivity index (χ4n) is 3.50. The fraction of sp³-hybridized carbons (Fsp3) is 0.611. The molecule has 0 radical (unpaired) electrons. The van der Waals surface area contributed by atoms with Crippen LogP contribution in [0.3, 0.4) is 0 Å². The van der Waals surface area contributed by atoms with Gasteiger partial charge in [0.15, 0.2) is 0 Å². The second kappa shape index (κ2) is 7.55. The van der Waals surface area contributed by atoms with Gasteiger partial charge in [-0.15, -0.1) is 0 Å². The molecule has 2 heterocycles. The number of carbonyl (C=O) groups excluding carboxylic acids is 1.